The van der Waals surface area contributed by atoms with E-state index in [1.165, 1.54) is 0 Å². The second kappa shape index (κ2) is 3.46. The van der Waals surface area contributed by atoms with Crippen LogP contribution in [0.4, 0.5) is 0 Å². The molecule has 0 aliphatic carbocycles. The van der Waals surface area contributed by atoms with Crippen molar-refractivity contribution < 1.29 is 9.90 Å². The molecule has 0 unspecified atom stereocenters. The van der Waals surface area contributed by atoms with Gasteiger partial charge >= 0.3 is 0 Å². The van der Waals surface area contributed by atoms with Gasteiger partial charge in [0.05, 0.1) is 0 Å². The molecule has 15 heavy (non-hydrogen) atoms. The Kier molecular flexibility index (Phi) is 2.87. The van der Waals surface area contributed by atoms with Crippen molar-refractivity contribution in [2.45, 2.75) is 57.2 Å². The highest BCUT2D eigenvalue weighted by Crippen LogP contribution is 2.35. The summed E-state index contributed by atoms with van der Waals surface area (Å²) in [6, 6.07) is 0. The number of amides is 1. The first kappa shape index (κ1) is 12.5. The molecule has 1 heterocycles. The van der Waals surface area contributed by atoms with E-state index < -0.39 is 5.60 Å². The second-order valence-corrected chi connectivity index (χ2v) is 5.86. The van der Waals surface area contributed by atoms with Gasteiger partial charge in [0.2, 0.25) is 0 Å². The summed E-state index contributed by atoms with van der Waals surface area (Å²) in [6.07, 6.45) is 0.867. The molecule has 1 aliphatic heterocycles. The molecule has 1 aliphatic rings. The summed E-state index contributed by atoms with van der Waals surface area (Å²) in [4.78, 5) is 11.7. The van der Waals surface area contributed by atoms with Crippen LogP contribution in [-0.4, -0.2) is 34.7 Å². The van der Waals surface area contributed by atoms with Crippen molar-refractivity contribution in [2.75, 3.05) is 7.05 Å². The van der Waals surface area contributed by atoms with E-state index in [4.69, 9.17) is 0 Å². The Morgan fingerprint density at radius 1 is 1.20 bits per heavy atom. The summed E-state index contributed by atoms with van der Waals surface area (Å²) in [6.45, 7) is 8.01. The fourth-order valence-electron chi connectivity index (χ4n) is 2.92. The number of hydrogen-bond donors (Lipinski definition) is 3. The zero-order chi connectivity index (χ0) is 11.9. The summed E-state index contributed by atoms with van der Waals surface area (Å²) in [5, 5.41) is 16.3. The van der Waals surface area contributed by atoms with Gasteiger partial charge in [-0.05, 0) is 27.7 Å². The van der Waals surface area contributed by atoms with Crippen LogP contribution in [0.5, 0.6) is 0 Å². The third-order valence-corrected chi connectivity index (χ3v) is 2.80. The average molecular weight is 214 g/mol. The summed E-state index contributed by atoms with van der Waals surface area (Å²) in [5.41, 5.74) is -1.72. The molecular formula is C11H22N2O2. The Hall–Kier alpha value is -0.610. The molecule has 0 aromatic rings. The first-order valence-electron chi connectivity index (χ1n) is 5.34. The molecule has 3 N–H and O–H groups in total. The van der Waals surface area contributed by atoms with E-state index >= 15 is 0 Å². The molecule has 0 aromatic heterocycles. The van der Waals surface area contributed by atoms with Crippen LogP contribution in [0.3, 0.4) is 0 Å². The van der Waals surface area contributed by atoms with Gasteiger partial charge in [0.25, 0.3) is 5.91 Å². The lowest BCUT2D eigenvalue weighted by molar-refractivity contribution is -0.149. The molecule has 4 heteroatoms. The van der Waals surface area contributed by atoms with Crippen molar-refractivity contribution in [1.29, 1.82) is 0 Å². The number of carbonyl (C=O) groups is 1. The molecular weight excluding hydrogens is 192 g/mol. The molecule has 88 valence electrons. The van der Waals surface area contributed by atoms with Gasteiger partial charge < -0.3 is 15.7 Å². The molecule has 1 fully saturated rings. The number of nitrogens with one attached hydrogen (secondary N) is 2. The summed E-state index contributed by atoms with van der Waals surface area (Å²) < 4.78 is 0. The lowest BCUT2D eigenvalue weighted by atomic mass is 9.72. The third-order valence-electron chi connectivity index (χ3n) is 2.80. The first-order chi connectivity index (χ1) is 6.60. The molecule has 1 rings (SSSR count). The largest absolute Gasteiger partial charge is 0.380 e. The minimum atomic E-state index is -1.26. The van der Waals surface area contributed by atoms with Crippen molar-refractivity contribution in [2.24, 2.45) is 0 Å². The number of aliphatic hydroxyl groups is 1. The molecule has 0 atom stereocenters. The molecule has 0 saturated carbocycles. The maximum atomic E-state index is 11.7. The fourth-order valence-corrected chi connectivity index (χ4v) is 2.92. The number of rotatable bonds is 1. The molecule has 0 bridgehead atoms. The Bertz CT molecular complexity index is 256. The highest BCUT2D eigenvalue weighted by Gasteiger charge is 2.49. The summed E-state index contributed by atoms with van der Waals surface area (Å²) in [7, 11) is 1.56. The van der Waals surface area contributed by atoms with Crippen LogP contribution in [-0.2, 0) is 4.79 Å². The van der Waals surface area contributed by atoms with E-state index in [1.807, 2.05) is 27.7 Å². The Balaban J connectivity index is 2.97. The standard InChI is InChI=1S/C11H22N2O2/c1-9(2)6-11(15,8(14)12-5)7-10(3,4)13-9/h13,15H,6-7H2,1-5H3,(H,12,14). The lowest BCUT2D eigenvalue weighted by Crippen LogP contribution is -2.66. The van der Waals surface area contributed by atoms with Gasteiger partial charge in [-0.25, -0.2) is 0 Å². The molecule has 1 saturated heterocycles. The van der Waals surface area contributed by atoms with E-state index in [2.05, 4.69) is 10.6 Å². The minimum Gasteiger partial charge on any atom is -0.380 e. The first-order valence-corrected chi connectivity index (χ1v) is 5.34. The quantitative estimate of drug-likeness (QED) is 0.592. The lowest BCUT2D eigenvalue weighted by Gasteiger charge is -2.49. The van der Waals surface area contributed by atoms with E-state index in [-0.39, 0.29) is 17.0 Å². The van der Waals surface area contributed by atoms with Crippen LogP contribution in [0, 0.1) is 0 Å². The Morgan fingerprint density at radius 3 is 1.93 bits per heavy atom. The number of hydrogen-bond acceptors (Lipinski definition) is 3. The normalized spacial score (nSPS) is 27.1. The fraction of sp³-hybridized carbons (Fsp3) is 0.909. The van der Waals surface area contributed by atoms with E-state index in [0.29, 0.717) is 12.8 Å². The SMILES string of the molecule is CNC(=O)C1(O)CC(C)(C)NC(C)(C)C1. The minimum absolute atomic E-state index is 0.233. The van der Waals surface area contributed by atoms with E-state index in [9.17, 15) is 9.90 Å². The molecule has 0 spiro atoms. The molecule has 0 radical (unpaired) electrons. The highest BCUT2D eigenvalue weighted by molar-refractivity contribution is 5.85. The number of piperidine rings is 1. The average Bonchev–Trinajstić information content (AvgIpc) is 1.95. The van der Waals surface area contributed by atoms with Gasteiger partial charge in [-0.1, -0.05) is 0 Å². The Labute approximate surface area is 91.4 Å². The van der Waals surface area contributed by atoms with Gasteiger partial charge in [-0.15, -0.1) is 0 Å². The van der Waals surface area contributed by atoms with Crippen LogP contribution in [0.1, 0.15) is 40.5 Å². The topological polar surface area (TPSA) is 61.4 Å². The Morgan fingerprint density at radius 2 is 1.60 bits per heavy atom. The number of carbonyl (C=O) groups excluding carboxylic acids is 1. The predicted molar refractivity (Wildman–Crippen MR) is 59.5 cm³/mol. The maximum absolute atomic E-state index is 11.7. The number of likely N-dealkylation sites (N-methyl/N-ethyl adjacent to an activating group) is 1. The predicted octanol–water partition coefficient (Wildman–Crippen LogP) is 0.404. The zero-order valence-corrected chi connectivity index (χ0v) is 10.3. The van der Waals surface area contributed by atoms with Crippen LogP contribution >= 0.6 is 0 Å². The van der Waals surface area contributed by atoms with Crippen molar-refractivity contribution >= 4 is 5.91 Å². The van der Waals surface area contributed by atoms with Gasteiger partial charge in [0.1, 0.15) is 5.60 Å². The maximum Gasteiger partial charge on any atom is 0.251 e. The molecule has 1 amide bonds. The van der Waals surface area contributed by atoms with Gasteiger partial charge in [0.15, 0.2) is 0 Å². The molecule has 4 nitrogen and oxygen atoms in total. The summed E-state index contributed by atoms with van der Waals surface area (Å²) in [5.74, 6) is -0.287. The van der Waals surface area contributed by atoms with Crippen LogP contribution in [0.2, 0.25) is 0 Å². The summed E-state index contributed by atoms with van der Waals surface area (Å²) >= 11 is 0. The third kappa shape index (κ3) is 2.69. The van der Waals surface area contributed by atoms with Crippen LogP contribution in [0.15, 0.2) is 0 Å². The smallest absolute Gasteiger partial charge is 0.251 e. The van der Waals surface area contributed by atoms with E-state index in [0.717, 1.165) is 0 Å². The van der Waals surface area contributed by atoms with Crippen molar-refractivity contribution in [1.82, 2.24) is 10.6 Å². The van der Waals surface area contributed by atoms with Crippen molar-refractivity contribution in [3.05, 3.63) is 0 Å². The van der Waals surface area contributed by atoms with E-state index in [1.54, 1.807) is 7.05 Å². The van der Waals surface area contributed by atoms with Gasteiger partial charge in [-0.2, -0.15) is 0 Å². The van der Waals surface area contributed by atoms with Crippen LogP contribution in [0.25, 0.3) is 0 Å². The highest BCUT2D eigenvalue weighted by atomic mass is 16.3. The monoisotopic (exact) mass is 214 g/mol. The second-order valence-electron chi connectivity index (χ2n) is 5.86. The molecule has 0 aromatic carbocycles. The van der Waals surface area contributed by atoms with Gasteiger partial charge in [0, 0.05) is 31.0 Å². The van der Waals surface area contributed by atoms with Crippen LogP contribution < -0.4 is 10.6 Å². The van der Waals surface area contributed by atoms with Crippen molar-refractivity contribution in [3.63, 3.8) is 0 Å². The van der Waals surface area contributed by atoms with Gasteiger partial charge in [-0.3, -0.25) is 4.79 Å². The zero-order valence-electron chi connectivity index (χ0n) is 10.3. The van der Waals surface area contributed by atoms with Crippen molar-refractivity contribution in [3.8, 4) is 0 Å².